The highest BCUT2D eigenvalue weighted by molar-refractivity contribution is 7.80. The molecular formula is C24H23FN4OS. The summed E-state index contributed by atoms with van der Waals surface area (Å²) >= 11 is 5.18. The van der Waals surface area contributed by atoms with Gasteiger partial charge in [0.25, 0.3) is 5.91 Å². The Balaban J connectivity index is 1.34. The highest BCUT2D eigenvalue weighted by Gasteiger charge is 2.22. The van der Waals surface area contributed by atoms with E-state index in [1.807, 2.05) is 6.07 Å². The van der Waals surface area contributed by atoms with Gasteiger partial charge in [-0.3, -0.25) is 15.1 Å². The van der Waals surface area contributed by atoms with Gasteiger partial charge in [0.2, 0.25) is 0 Å². The minimum absolute atomic E-state index is 0.102. The fourth-order valence-corrected chi connectivity index (χ4v) is 4.07. The second kappa shape index (κ2) is 9.66. The lowest BCUT2D eigenvalue weighted by atomic mass is 9.89. The van der Waals surface area contributed by atoms with Gasteiger partial charge in [-0.15, -0.1) is 0 Å². The topological polar surface area (TPSA) is 57.3 Å². The molecule has 158 valence electrons. The first-order valence-electron chi connectivity index (χ1n) is 10.2. The minimum Gasteiger partial charge on any atom is -0.369 e. The third-order valence-electron chi connectivity index (χ3n) is 5.46. The van der Waals surface area contributed by atoms with Crippen LogP contribution in [0.3, 0.4) is 0 Å². The van der Waals surface area contributed by atoms with Crippen molar-refractivity contribution >= 4 is 34.6 Å². The van der Waals surface area contributed by atoms with Crippen LogP contribution in [0.2, 0.25) is 0 Å². The summed E-state index contributed by atoms with van der Waals surface area (Å²) in [5.74, 6) is -0.171. The van der Waals surface area contributed by atoms with Crippen molar-refractivity contribution in [1.29, 1.82) is 0 Å². The van der Waals surface area contributed by atoms with Crippen LogP contribution in [0, 0.1) is 5.82 Å². The fourth-order valence-electron chi connectivity index (χ4n) is 3.85. The summed E-state index contributed by atoms with van der Waals surface area (Å²) in [5, 5.41) is 5.54. The number of halogens is 1. The van der Waals surface area contributed by atoms with Gasteiger partial charge in [0.05, 0.1) is 11.3 Å². The lowest BCUT2D eigenvalue weighted by Gasteiger charge is -2.34. The van der Waals surface area contributed by atoms with Crippen LogP contribution in [0.5, 0.6) is 0 Å². The van der Waals surface area contributed by atoms with Crippen LogP contribution in [0.15, 0.2) is 73.1 Å². The molecule has 4 rings (SSSR count). The predicted molar refractivity (Wildman–Crippen MR) is 125 cm³/mol. The van der Waals surface area contributed by atoms with Crippen molar-refractivity contribution in [3.05, 3.63) is 90.0 Å². The smallest absolute Gasteiger partial charge is 0.258 e. The van der Waals surface area contributed by atoms with E-state index >= 15 is 0 Å². The summed E-state index contributed by atoms with van der Waals surface area (Å²) in [6.07, 6.45) is 5.02. The maximum absolute atomic E-state index is 14.8. The van der Waals surface area contributed by atoms with Crippen molar-refractivity contribution in [3.8, 4) is 0 Å². The second-order valence-electron chi connectivity index (χ2n) is 7.49. The molecule has 5 nitrogen and oxygen atoms in total. The third-order valence-corrected chi connectivity index (χ3v) is 5.67. The average Bonchev–Trinajstić information content (AvgIpc) is 2.80. The number of carbonyl (C=O) groups excluding carboxylic acids is 1. The van der Waals surface area contributed by atoms with Gasteiger partial charge in [0.1, 0.15) is 5.82 Å². The zero-order chi connectivity index (χ0) is 21.6. The molecule has 0 atom stereocenters. The van der Waals surface area contributed by atoms with Crippen molar-refractivity contribution in [2.24, 2.45) is 0 Å². The molecule has 1 saturated heterocycles. The standard InChI is InChI=1S/C24H23FN4OS/c25-21-15-20(27-24(31)28-23(30)19-7-4-12-26-16-19)8-9-22(21)29-13-10-18(11-14-29)17-5-2-1-3-6-17/h1-9,12,15-16,18H,10-11,13-14H2,(H2,27,28,30,31). The molecular weight excluding hydrogens is 411 g/mol. The first-order chi connectivity index (χ1) is 15.1. The molecule has 1 aliphatic heterocycles. The van der Waals surface area contributed by atoms with Crippen molar-refractivity contribution < 1.29 is 9.18 Å². The highest BCUT2D eigenvalue weighted by Crippen LogP contribution is 2.32. The summed E-state index contributed by atoms with van der Waals surface area (Å²) < 4.78 is 14.8. The van der Waals surface area contributed by atoms with Crippen LogP contribution < -0.4 is 15.5 Å². The Morgan fingerprint density at radius 3 is 2.52 bits per heavy atom. The Bertz CT molecular complexity index is 1050. The monoisotopic (exact) mass is 434 g/mol. The molecule has 7 heteroatoms. The molecule has 1 aliphatic rings. The molecule has 2 heterocycles. The molecule has 0 radical (unpaired) electrons. The number of aromatic nitrogens is 1. The molecule has 1 fully saturated rings. The van der Waals surface area contributed by atoms with Gasteiger partial charge in [0, 0.05) is 31.2 Å². The van der Waals surface area contributed by atoms with Crippen LogP contribution >= 0.6 is 12.2 Å². The number of nitrogens with one attached hydrogen (secondary N) is 2. The van der Waals surface area contributed by atoms with Gasteiger partial charge in [-0.1, -0.05) is 30.3 Å². The van der Waals surface area contributed by atoms with Gasteiger partial charge in [-0.05, 0) is 66.9 Å². The molecule has 2 aromatic carbocycles. The zero-order valence-electron chi connectivity index (χ0n) is 16.9. The van der Waals surface area contributed by atoms with Gasteiger partial charge < -0.3 is 10.2 Å². The Morgan fingerprint density at radius 1 is 1.06 bits per heavy atom. The van der Waals surface area contributed by atoms with E-state index in [0.717, 1.165) is 25.9 Å². The summed E-state index contributed by atoms with van der Waals surface area (Å²) in [5.41, 5.74) is 2.82. The van der Waals surface area contributed by atoms with Crippen molar-refractivity contribution in [2.75, 3.05) is 23.3 Å². The van der Waals surface area contributed by atoms with Crippen molar-refractivity contribution in [3.63, 3.8) is 0 Å². The number of hydrogen-bond donors (Lipinski definition) is 2. The molecule has 1 aromatic heterocycles. The Labute approximate surface area is 186 Å². The molecule has 0 aliphatic carbocycles. The SMILES string of the molecule is O=C(NC(=S)Nc1ccc(N2CCC(c3ccccc3)CC2)c(F)c1)c1cccnc1. The van der Waals surface area contributed by atoms with Crippen molar-refractivity contribution in [2.45, 2.75) is 18.8 Å². The van der Waals surface area contributed by atoms with Crippen LogP contribution in [0.4, 0.5) is 15.8 Å². The second-order valence-corrected chi connectivity index (χ2v) is 7.90. The third kappa shape index (κ3) is 5.24. The summed E-state index contributed by atoms with van der Waals surface area (Å²) in [7, 11) is 0. The Morgan fingerprint density at radius 2 is 1.84 bits per heavy atom. The highest BCUT2D eigenvalue weighted by atomic mass is 32.1. The van der Waals surface area contributed by atoms with Gasteiger partial charge >= 0.3 is 0 Å². The minimum atomic E-state index is -0.371. The van der Waals surface area contributed by atoms with Gasteiger partial charge in [0.15, 0.2) is 5.11 Å². The summed E-state index contributed by atoms with van der Waals surface area (Å²) in [4.78, 5) is 18.1. The van der Waals surface area contributed by atoms with E-state index in [9.17, 15) is 9.18 Å². The molecule has 0 saturated carbocycles. The Hall–Kier alpha value is -3.32. The molecule has 1 amide bonds. The van der Waals surface area contributed by atoms with Gasteiger partial charge in [-0.2, -0.15) is 0 Å². The molecule has 31 heavy (non-hydrogen) atoms. The molecule has 0 spiro atoms. The van der Waals surface area contributed by atoms with Crippen LogP contribution in [-0.2, 0) is 0 Å². The fraction of sp³-hybridized carbons (Fsp3) is 0.208. The average molecular weight is 435 g/mol. The van der Waals surface area contributed by atoms with E-state index in [2.05, 4.69) is 44.8 Å². The molecule has 0 bridgehead atoms. The maximum Gasteiger partial charge on any atom is 0.258 e. The zero-order valence-corrected chi connectivity index (χ0v) is 17.7. The summed E-state index contributed by atoms with van der Waals surface area (Å²) in [6.45, 7) is 1.62. The van der Waals surface area contributed by atoms with Crippen molar-refractivity contribution in [1.82, 2.24) is 10.3 Å². The molecule has 0 unspecified atom stereocenters. The maximum atomic E-state index is 14.8. The van der Waals surface area contributed by atoms with E-state index in [-0.39, 0.29) is 16.8 Å². The number of hydrogen-bond acceptors (Lipinski definition) is 4. The van der Waals surface area contributed by atoms with E-state index in [1.165, 1.54) is 17.8 Å². The number of nitrogens with zero attached hydrogens (tertiary/aromatic N) is 2. The van der Waals surface area contributed by atoms with E-state index in [1.54, 1.807) is 30.5 Å². The number of benzene rings is 2. The number of anilines is 2. The quantitative estimate of drug-likeness (QED) is 0.582. The Kier molecular flexibility index (Phi) is 6.52. The number of pyridine rings is 1. The van der Waals surface area contributed by atoms with Crippen LogP contribution in [-0.4, -0.2) is 29.1 Å². The largest absolute Gasteiger partial charge is 0.369 e. The van der Waals surface area contributed by atoms with Gasteiger partial charge in [-0.25, -0.2) is 4.39 Å². The number of amides is 1. The first-order valence-corrected chi connectivity index (χ1v) is 10.6. The van der Waals surface area contributed by atoms with E-state index < -0.39 is 0 Å². The molecule has 2 N–H and O–H groups in total. The van der Waals surface area contributed by atoms with E-state index in [0.29, 0.717) is 22.9 Å². The number of rotatable bonds is 4. The normalized spacial score (nSPS) is 14.2. The lowest BCUT2D eigenvalue weighted by molar-refractivity contribution is 0.0977. The first kappa shape index (κ1) is 20.9. The predicted octanol–water partition coefficient (Wildman–Crippen LogP) is 4.73. The van der Waals surface area contributed by atoms with Crippen LogP contribution in [0.25, 0.3) is 0 Å². The van der Waals surface area contributed by atoms with Crippen LogP contribution in [0.1, 0.15) is 34.7 Å². The van der Waals surface area contributed by atoms with E-state index in [4.69, 9.17) is 12.2 Å². The number of carbonyl (C=O) groups is 1. The lowest BCUT2D eigenvalue weighted by Crippen LogP contribution is -2.34. The number of thiocarbonyl (C=S) groups is 1. The molecule has 3 aromatic rings. The number of piperidine rings is 1. The summed E-state index contributed by atoms with van der Waals surface area (Å²) in [6, 6.07) is 18.7.